The van der Waals surface area contributed by atoms with Crippen LogP contribution < -0.4 is 10.6 Å². The molecule has 0 fully saturated rings. The van der Waals surface area contributed by atoms with Crippen LogP contribution in [0.5, 0.6) is 0 Å². The third kappa shape index (κ3) is 2.48. The molecule has 0 atom stereocenters. The van der Waals surface area contributed by atoms with Gasteiger partial charge in [-0.25, -0.2) is 0 Å². The van der Waals surface area contributed by atoms with Gasteiger partial charge in [0, 0.05) is 24.8 Å². The highest BCUT2D eigenvalue weighted by molar-refractivity contribution is 5.50. The van der Waals surface area contributed by atoms with Crippen LogP contribution in [0.2, 0.25) is 0 Å². The molecule has 0 saturated heterocycles. The number of nitrogens with zero attached hydrogens (tertiary/aromatic N) is 2. The molecule has 0 spiro atoms. The standard InChI is InChI=1S/C12H17N3/c1-12(2,9-14)15(3)11-6-4-10(8-13)5-7-11/h4-7H,9,14H2,1-3H3. The second-order valence-electron chi connectivity index (χ2n) is 4.23. The lowest BCUT2D eigenvalue weighted by Gasteiger charge is -2.36. The fourth-order valence-corrected chi connectivity index (χ4v) is 1.25. The molecule has 0 amide bonds. The lowest BCUT2D eigenvalue weighted by molar-refractivity contribution is 0.498. The smallest absolute Gasteiger partial charge is 0.0991 e. The van der Waals surface area contributed by atoms with Crippen molar-refractivity contribution in [3.05, 3.63) is 29.8 Å². The number of hydrogen-bond donors (Lipinski definition) is 1. The minimum atomic E-state index is -0.0752. The molecule has 3 nitrogen and oxygen atoms in total. The number of anilines is 1. The van der Waals surface area contributed by atoms with Gasteiger partial charge in [0.2, 0.25) is 0 Å². The normalized spacial score (nSPS) is 10.9. The molecule has 2 N–H and O–H groups in total. The fraction of sp³-hybridized carbons (Fsp3) is 0.417. The Kier molecular flexibility index (Phi) is 3.33. The maximum Gasteiger partial charge on any atom is 0.0991 e. The Labute approximate surface area is 91.1 Å². The van der Waals surface area contributed by atoms with Crippen molar-refractivity contribution in [2.24, 2.45) is 5.73 Å². The van der Waals surface area contributed by atoms with Gasteiger partial charge in [-0.2, -0.15) is 5.26 Å². The van der Waals surface area contributed by atoms with Crippen molar-refractivity contribution in [1.29, 1.82) is 5.26 Å². The number of nitrogens with two attached hydrogens (primary N) is 1. The van der Waals surface area contributed by atoms with Crippen LogP contribution in [0.25, 0.3) is 0 Å². The molecule has 0 aromatic heterocycles. The number of rotatable bonds is 3. The van der Waals surface area contributed by atoms with Crippen LogP contribution in [-0.2, 0) is 0 Å². The topological polar surface area (TPSA) is 53.0 Å². The van der Waals surface area contributed by atoms with Crippen LogP contribution in [0, 0.1) is 11.3 Å². The zero-order valence-corrected chi connectivity index (χ0v) is 9.49. The summed E-state index contributed by atoms with van der Waals surface area (Å²) in [5.41, 5.74) is 7.38. The highest BCUT2D eigenvalue weighted by Crippen LogP contribution is 2.21. The minimum Gasteiger partial charge on any atom is -0.368 e. The van der Waals surface area contributed by atoms with E-state index in [2.05, 4.69) is 24.8 Å². The molecule has 0 aliphatic rings. The number of benzene rings is 1. The van der Waals surface area contributed by atoms with E-state index in [-0.39, 0.29) is 5.54 Å². The van der Waals surface area contributed by atoms with Gasteiger partial charge in [-0.15, -0.1) is 0 Å². The van der Waals surface area contributed by atoms with Crippen LogP contribution in [-0.4, -0.2) is 19.1 Å². The predicted octanol–water partition coefficient (Wildman–Crippen LogP) is 1.73. The van der Waals surface area contributed by atoms with E-state index in [0.29, 0.717) is 12.1 Å². The van der Waals surface area contributed by atoms with E-state index in [0.717, 1.165) is 5.69 Å². The summed E-state index contributed by atoms with van der Waals surface area (Å²) in [5, 5.41) is 8.69. The third-order valence-corrected chi connectivity index (χ3v) is 2.79. The molecule has 1 aromatic rings. The molecular weight excluding hydrogens is 186 g/mol. The van der Waals surface area contributed by atoms with Crippen molar-refractivity contribution in [1.82, 2.24) is 0 Å². The van der Waals surface area contributed by atoms with Crippen LogP contribution in [0.3, 0.4) is 0 Å². The van der Waals surface area contributed by atoms with Gasteiger partial charge in [-0.3, -0.25) is 0 Å². The number of nitriles is 1. The summed E-state index contributed by atoms with van der Waals surface area (Å²) in [4.78, 5) is 2.12. The summed E-state index contributed by atoms with van der Waals surface area (Å²) in [6.07, 6.45) is 0. The Hall–Kier alpha value is -1.53. The molecule has 15 heavy (non-hydrogen) atoms. The Morgan fingerprint density at radius 1 is 1.33 bits per heavy atom. The van der Waals surface area contributed by atoms with E-state index >= 15 is 0 Å². The lowest BCUT2D eigenvalue weighted by Crippen LogP contribution is -2.47. The van der Waals surface area contributed by atoms with Gasteiger partial charge in [0.1, 0.15) is 0 Å². The Morgan fingerprint density at radius 2 is 1.87 bits per heavy atom. The van der Waals surface area contributed by atoms with E-state index in [9.17, 15) is 0 Å². The van der Waals surface area contributed by atoms with Gasteiger partial charge in [0.25, 0.3) is 0 Å². The summed E-state index contributed by atoms with van der Waals surface area (Å²) in [6, 6.07) is 9.62. The van der Waals surface area contributed by atoms with E-state index in [4.69, 9.17) is 11.0 Å². The highest BCUT2D eigenvalue weighted by Gasteiger charge is 2.21. The second kappa shape index (κ2) is 4.33. The van der Waals surface area contributed by atoms with Gasteiger partial charge in [0.05, 0.1) is 11.6 Å². The van der Waals surface area contributed by atoms with Gasteiger partial charge < -0.3 is 10.6 Å². The van der Waals surface area contributed by atoms with Gasteiger partial charge in [0.15, 0.2) is 0 Å². The summed E-state index contributed by atoms with van der Waals surface area (Å²) in [7, 11) is 2.01. The molecule has 3 heteroatoms. The van der Waals surface area contributed by atoms with Crippen LogP contribution >= 0.6 is 0 Å². The van der Waals surface area contributed by atoms with Crippen LogP contribution in [0.4, 0.5) is 5.69 Å². The minimum absolute atomic E-state index is 0.0752. The SMILES string of the molecule is CN(c1ccc(C#N)cc1)C(C)(C)CN. The van der Waals surface area contributed by atoms with E-state index in [1.807, 2.05) is 31.3 Å². The van der Waals surface area contributed by atoms with Crippen LogP contribution in [0.1, 0.15) is 19.4 Å². The first-order valence-corrected chi connectivity index (χ1v) is 4.95. The molecule has 1 rings (SSSR count). The van der Waals surface area contributed by atoms with Gasteiger partial charge >= 0.3 is 0 Å². The van der Waals surface area contributed by atoms with Crippen molar-refractivity contribution < 1.29 is 0 Å². The van der Waals surface area contributed by atoms with Gasteiger partial charge in [-0.1, -0.05) is 0 Å². The summed E-state index contributed by atoms with van der Waals surface area (Å²) in [5.74, 6) is 0. The van der Waals surface area contributed by atoms with E-state index in [1.54, 1.807) is 0 Å². The Balaban J connectivity index is 2.93. The first-order chi connectivity index (χ1) is 7.01. The number of hydrogen-bond acceptors (Lipinski definition) is 3. The van der Waals surface area contributed by atoms with E-state index in [1.165, 1.54) is 0 Å². The molecular formula is C12H17N3. The average molecular weight is 203 g/mol. The predicted molar refractivity (Wildman–Crippen MR) is 62.7 cm³/mol. The summed E-state index contributed by atoms with van der Waals surface area (Å²) in [6.45, 7) is 4.76. The monoisotopic (exact) mass is 203 g/mol. The molecule has 1 aromatic carbocycles. The zero-order valence-electron chi connectivity index (χ0n) is 9.49. The molecule has 0 saturated carbocycles. The molecule has 0 aliphatic heterocycles. The quantitative estimate of drug-likeness (QED) is 0.814. The summed E-state index contributed by atoms with van der Waals surface area (Å²) < 4.78 is 0. The van der Waals surface area contributed by atoms with Crippen molar-refractivity contribution in [3.8, 4) is 6.07 Å². The molecule has 0 aliphatic carbocycles. The average Bonchev–Trinajstić information content (AvgIpc) is 2.28. The van der Waals surface area contributed by atoms with Gasteiger partial charge in [-0.05, 0) is 38.1 Å². The maximum absolute atomic E-state index is 8.69. The fourth-order valence-electron chi connectivity index (χ4n) is 1.25. The zero-order chi connectivity index (χ0) is 11.5. The molecule has 0 heterocycles. The molecule has 0 radical (unpaired) electrons. The van der Waals surface area contributed by atoms with Crippen molar-refractivity contribution >= 4 is 5.69 Å². The lowest BCUT2D eigenvalue weighted by atomic mass is 10.0. The third-order valence-electron chi connectivity index (χ3n) is 2.79. The largest absolute Gasteiger partial charge is 0.368 e. The highest BCUT2D eigenvalue weighted by atomic mass is 15.2. The van der Waals surface area contributed by atoms with Crippen LogP contribution in [0.15, 0.2) is 24.3 Å². The number of likely N-dealkylation sites (N-methyl/N-ethyl adjacent to an activating group) is 1. The first-order valence-electron chi connectivity index (χ1n) is 4.95. The second-order valence-corrected chi connectivity index (χ2v) is 4.23. The molecule has 0 unspecified atom stereocenters. The van der Waals surface area contributed by atoms with Crippen molar-refractivity contribution in [2.75, 3.05) is 18.5 Å². The Bertz CT molecular complexity index is 359. The van der Waals surface area contributed by atoms with E-state index < -0.39 is 0 Å². The maximum atomic E-state index is 8.69. The Morgan fingerprint density at radius 3 is 2.27 bits per heavy atom. The molecule has 0 bridgehead atoms. The molecule has 80 valence electrons. The first kappa shape index (κ1) is 11.5. The summed E-state index contributed by atoms with van der Waals surface area (Å²) >= 11 is 0. The van der Waals surface area contributed by atoms with Crippen molar-refractivity contribution in [2.45, 2.75) is 19.4 Å². The van der Waals surface area contributed by atoms with Crippen molar-refractivity contribution in [3.63, 3.8) is 0 Å².